The van der Waals surface area contributed by atoms with Crippen LogP contribution in [0.2, 0.25) is 0 Å². The van der Waals surface area contributed by atoms with E-state index in [0.29, 0.717) is 23.7 Å². The summed E-state index contributed by atoms with van der Waals surface area (Å²) in [6, 6.07) is 4.42. The molecule has 0 saturated heterocycles. The van der Waals surface area contributed by atoms with Gasteiger partial charge in [0.15, 0.2) is 0 Å². The molecule has 0 bridgehead atoms. The minimum absolute atomic E-state index is 0.225. The SMILES string of the molecule is Cc1ccc(C(=O)N2C=C(C(=O)OC(C)C)c3[nH]nc(CC(C)C)c3C(C)(C)C2)cc1F. The number of rotatable bonds is 5. The average molecular weight is 442 g/mol. The molecule has 0 unspecified atom stereocenters. The van der Waals surface area contributed by atoms with Crippen molar-refractivity contribution in [3.05, 3.63) is 58.3 Å². The number of hydrogen-bond donors (Lipinski definition) is 1. The third kappa shape index (κ3) is 4.76. The first-order valence-corrected chi connectivity index (χ1v) is 11.0. The van der Waals surface area contributed by atoms with E-state index in [1.165, 1.54) is 17.2 Å². The summed E-state index contributed by atoms with van der Waals surface area (Å²) in [5.74, 6) is -0.992. The molecule has 0 saturated carbocycles. The van der Waals surface area contributed by atoms with Gasteiger partial charge in [-0.2, -0.15) is 5.10 Å². The molecule has 6 nitrogen and oxygen atoms in total. The fourth-order valence-corrected chi connectivity index (χ4v) is 4.06. The summed E-state index contributed by atoms with van der Waals surface area (Å²) in [4.78, 5) is 27.9. The molecule has 2 aromatic rings. The minimum Gasteiger partial charge on any atom is -0.459 e. The number of aryl methyl sites for hydroxylation is 1. The molecule has 32 heavy (non-hydrogen) atoms. The van der Waals surface area contributed by atoms with Crippen LogP contribution in [-0.2, 0) is 21.4 Å². The maximum Gasteiger partial charge on any atom is 0.342 e. The lowest BCUT2D eigenvalue weighted by atomic mass is 9.80. The van der Waals surface area contributed by atoms with Gasteiger partial charge in [-0.05, 0) is 50.8 Å². The number of carbonyl (C=O) groups is 2. The normalized spacial score (nSPS) is 15.4. The largest absolute Gasteiger partial charge is 0.459 e. The minimum atomic E-state index is -0.536. The molecule has 0 fully saturated rings. The molecule has 7 heteroatoms. The number of amides is 1. The molecule has 3 rings (SSSR count). The fraction of sp³-hybridized carbons (Fsp3) is 0.480. The first-order valence-electron chi connectivity index (χ1n) is 11.0. The van der Waals surface area contributed by atoms with Crippen LogP contribution in [0.25, 0.3) is 5.57 Å². The molecule has 0 aliphatic carbocycles. The standard InChI is InChI=1S/C25H32FN3O3/c1-14(2)10-20-21-22(28-27-20)18(24(31)32-15(3)4)12-29(13-25(21,6)7)23(30)17-9-8-16(5)19(26)11-17/h8-9,11-12,14-15H,10,13H2,1-7H3,(H,27,28). The number of nitrogens with one attached hydrogen (secondary N) is 1. The van der Waals surface area contributed by atoms with Gasteiger partial charge in [-0.15, -0.1) is 0 Å². The Morgan fingerprint density at radius 1 is 1.25 bits per heavy atom. The second-order valence-electron chi connectivity index (χ2n) is 9.80. The van der Waals surface area contributed by atoms with Gasteiger partial charge in [0.05, 0.1) is 17.5 Å². The summed E-state index contributed by atoms with van der Waals surface area (Å²) in [5.41, 5.74) is 2.77. The summed E-state index contributed by atoms with van der Waals surface area (Å²) in [6.45, 7) is 13.8. The highest BCUT2D eigenvalue weighted by Gasteiger charge is 2.38. The van der Waals surface area contributed by atoms with Crippen LogP contribution in [0, 0.1) is 18.7 Å². The zero-order valence-electron chi connectivity index (χ0n) is 19.9. The quantitative estimate of drug-likeness (QED) is 0.678. The molecule has 0 radical (unpaired) electrons. The summed E-state index contributed by atoms with van der Waals surface area (Å²) >= 11 is 0. The summed E-state index contributed by atoms with van der Waals surface area (Å²) < 4.78 is 19.6. The second kappa shape index (κ2) is 8.88. The number of benzene rings is 1. The van der Waals surface area contributed by atoms with E-state index in [9.17, 15) is 14.0 Å². The molecule has 0 spiro atoms. The molecule has 1 aliphatic heterocycles. The average Bonchev–Trinajstić information content (AvgIpc) is 3.04. The van der Waals surface area contributed by atoms with E-state index in [4.69, 9.17) is 4.74 Å². The molecule has 1 aromatic carbocycles. The van der Waals surface area contributed by atoms with Crippen molar-refractivity contribution >= 4 is 17.4 Å². The Labute approximate surface area is 188 Å². The van der Waals surface area contributed by atoms with Gasteiger partial charge in [0.1, 0.15) is 11.4 Å². The van der Waals surface area contributed by atoms with Gasteiger partial charge >= 0.3 is 5.97 Å². The van der Waals surface area contributed by atoms with Gasteiger partial charge in [-0.25, -0.2) is 9.18 Å². The molecular formula is C25H32FN3O3. The lowest BCUT2D eigenvalue weighted by molar-refractivity contribution is -0.140. The van der Waals surface area contributed by atoms with Gasteiger partial charge in [0.25, 0.3) is 5.91 Å². The first kappa shape index (κ1) is 23.7. The summed E-state index contributed by atoms with van der Waals surface area (Å²) in [6.07, 6.45) is 1.92. The molecule has 1 N–H and O–H groups in total. The lowest BCUT2D eigenvalue weighted by Crippen LogP contribution is -2.37. The van der Waals surface area contributed by atoms with E-state index in [1.54, 1.807) is 32.9 Å². The number of carbonyl (C=O) groups excluding carboxylic acids is 2. The Hall–Kier alpha value is -2.96. The van der Waals surface area contributed by atoms with Crippen LogP contribution in [0.3, 0.4) is 0 Å². The zero-order valence-corrected chi connectivity index (χ0v) is 19.9. The monoisotopic (exact) mass is 441 g/mol. The van der Waals surface area contributed by atoms with E-state index < -0.39 is 17.2 Å². The fourth-order valence-electron chi connectivity index (χ4n) is 4.06. The zero-order chi connectivity index (χ0) is 23.8. The van der Waals surface area contributed by atoms with Crippen LogP contribution in [0.1, 0.15) is 74.4 Å². The van der Waals surface area contributed by atoms with E-state index in [0.717, 1.165) is 17.7 Å². The number of aromatic nitrogens is 2. The van der Waals surface area contributed by atoms with Gasteiger partial charge in [-0.3, -0.25) is 9.89 Å². The number of ether oxygens (including phenoxy) is 1. The van der Waals surface area contributed by atoms with Gasteiger partial charge in [-0.1, -0.05) is 33.8 Å². The van der Waals surface area contributed by atoms with Gasteiger partial charge in [0.2, 0.25) is 0 Å². The number of hydrogen-bond acceptors (Lipinski definition) is 4. The topological polar surface area (TPSA) is 75.3 Å². The Bertz CT molecular complexity index is 1070. The molecule has 172 valence electrons. The Morgan fingerprint density at radius 3 is 2.53 bits per heavy atom. The highest BCUT2D eigenvalue weighted by molar-refractivity contribution is 6.17. The highest BCUT2D eigenvalue weighted by Crippen LogP contribution is 2.38. The van der Waals surface area contributed by atoms with Crippen LogP contribution in [0.4, 0.5) is 4.39 Å². The maximum absolute atomic E-state index is 14.2. The number of esters is 1. The van der Waals surface area contributed by atoms with Crippen molar-refractivity contribution in [3.8, 4) is 0 Å². The second-order valence-corrected chi connectivity index (χ2v) is 9.80. The van der Waals surface area contributed by atoms with Crippen LogP contribution >= 0.6 is 0 Å². The number of nitrogens with zero attached hydrogens (tertiary/aromatic N) is 2. The predicted octanol–water partition coefficient (Wildman–Crippen LogP) is 4.78. The van der Waals surface area contributed by atoms with Gasteiger partial charge in [0, 0.05) is 29.3 Å². The van der Waals surface area contributed by atoms with Crippen molar-refractivity contribution < 1.29 is 18.7 Å². The first-order chi connectivity index (χ1) is 14.9. The van der Waals surface area contributed by atoms with Crippen LogP contribution in [0.5, 0.6) is 0 Å². The van der Waals surface area contributed by atoms with Crippen molar-refractivity contribution in [1.29, 1.82) is 0 Å². The van der Waals surface area contributed by atoms with Crippen molar-refractivity contribution in [2.24, 2.45) is 5.92 Å². The summed E-state index contributed by atoms with van der Waals surface area (Å²) in [7, 11) is 0. The Morgan fingerprint density at radius 2 is 1.94 bits per heavy atom. The maximum atomic E-state index is 14.2. The molecule has 2 heterocycles. The summed E-state index contributed by atoms with van der Waals surface area (Å²) in [5, 5.41) is 7.54. The number of fused-ring (bicyclic) bond motifs is 1. The van der Waals surface area contributed by atoms with Gasteiger partial charge < -0.3 is 9.64 Å². The number of halogens is 1. The number of aromatic amines is 1. The smallest absolute Gasteiger partial charge is 0.342 e. The van der Waals surface area contributed by atoms with E-state index in [-0.39, 0.29) is 23.1 Å². The molecule has 0 atom stereocenters. The molecular weight excluding hydrogens is 409 g/mol. The van der Waals surface area contributed by atoms with Crippen LogP contribution < -0.4 is 0 Å². The molecule has 1 amide bonds. The van der Waals surface area contributed by atoms with Crippen molar-refractivity contribution in [1.82, 2.24) is 15.1 Å². The van der Waals surface area contributed by atoms with Crippen LogP contribution in [-0.4, -0.2) is 39.6 Å². The van der Waals surface area contributed by atoms with E-state index in [1.807, 2.05) is 13.8 Å². The Kier molecular flexibility index (Phi) is 6.58. The van der Waals surface area contributed by atoms with Crippen molar-refractivity contribution in [3.63, 3.8) is 0 Å². The highest BCUT2D eigenvalue weighted by atomic mass is 19.1. The third-order valence-electron chi connectivity index (χ3n) is 5.48. The number of H-pyrrole nitrogens is 1. The van der Waals surface area contributed by atoms with E-state index in [2.05, 4.69) is 24.0 Å². The van der Waals surface area contributed by atoms with Crippen molar-refractivity contribution in [2.45, 2.75) is 66.4 Å². The molecule has 1 aliphatic rings. The molecule has 1 aromatic heterocycles. The lowest BCUT2D eigenvalue weighted by Gasteiger charge is -2.30. The Balaban J connectivity index is 2.13. The third-order valence-corrected chi connectivity index (χ3v) is 5.48. The van der Waals surface area contributed by atoms with E-state index >= 15 is 0 Å². The predicted molar refractivity (Wildman–Crippen MR) is 122 cm³/mol. The van der Waals surface area contributed by atoms with Crippen LogP contribution in [0.15, 0.2) is 24.4 Å². The van der Waals surface area contributed by atoms with Crippen molar-refractivity contribution in [2.75, 3.05) is 6.54 Å².